The van der Waals surface area contributed by atoms with Crippen LogP contribution in [0.2, 0.25) is 0 Å². The molecule has 1 amide bonds. The molecule has 2 aromatic carbocycles. The molecule has 0 aliphatic rings. The van der Waals surface area contributed by atoms with Gasteiger partial charge >= 0.3 is 0 Å². The smallest absolute Gasteiger partial charge is 0.244 e. The van der Waals surface area contributed by atoms with Gasteiger partial charge < -0.3 is 5.32 Å². The molecular weight excluding hydrogens is 324 g/mol. The Bertz CT molecular complexity index is 857. The Hall–Kier alpha value is -3.02. The van der Waals surface area contributed by atoms with Crippen molar-refractivity contribution in [2.75, 3.05) is 7.05 Å². The maximum atomic E-state index is 13.4. The molecule has 0 radical (unpaired) electrons. The number of rotatable bonds is 5. The van der Waals surface area contributed by atoms with E-state index in [0.717, 1.165) is 17.3 Å². The summed E-state index contributed by atoms with van der Waals surface area (Å²) in [5.74, 6) is -1.63. The molecule has 25 heavy (non-hydrogen) atoms. The first kappa shape index (κ1) is 16.8. The van der Waals surface area contributed by atoms with Crippen LogP contribution in [-0.4, -0.2) is 22.7 Å². The Morgan fingerprint density at radius 2 is 1.80 bits per heavy atom. The fourth-order valence-corrected chi connectivity index (χ4v) is 2.70. The fraction of sp³-hybridized carbons (Fsp3) is 0.158. The molecule has 1 N–H and O–H groups in total. The quantitative estimate of drug-likeness (QED) is 0.773. The molecule has 0 spiro atoms. The normalized spacial score (nSPS) is 12.0. The van der Waals surface area contributed by atoms with Gasteiger partial charge in [-0.3, -0.25) is 9.48 Å². The van der Waals surface area contributed by atoms with Gasteiger partial charge in [0.05, 0.1) is 5.69 Å². The second kappa shape index (κ2) is 7.25. The van der Waals surface area contributed by atoms with E-state index in [1.165, 1.54) is 23.9 Å². The number of halogens is 2. The highest BCUT2D eigenvalue weighted by Gasteiger charge is 2.22. The van der Waals surface area contributed by atoms with Crippen LogP contribution < -0.4 is 5.32 Å². The lowest BCUT2D eigenvalue weighted by molar-refractivity contribution is -0.124. The minimum Gasteiger partial charge on any atom is -0.357 e. The Morgan fingerprint density at radius 1 is 1.12 bits per heavy atom. The molecule has 3 rings (SSSR count). The van der Waals surface area contributed by atoms with Gasteiger partial charge in [0.25, 0.3) is 0 Å². The van der Waals surface area contributed by atoms with Crippen LogP contribution in [0.5, 0.6) is 0 Å². The van der Waals surface area contributed by atoms with Crippen molar-refractivity contribution in [2.24, 2.45) is 0 Å². The lowest BCUT2D eigenvalue weighted by Gasteiger charge is -2.16. The van der Waals surface area contributed by atoms with Crippen molar-refractivity contribution in [3.63, 3.8) is 0 Å². The van der Waals surface area contributed by atoms with Crippen molar-refractivity contribution in [3.05, 3.63) is 78.0 Å². The van der Waals surface area contributed by atoms with E-state index < -0.39 is 17.7 Å². The van der Waals surface area contributed by atoms with Crippen LogP contribution in [0.4, 0.5) is 8.78 Å². The minimum absolute atomic E-state index is 0.129. The third-order valence-electron chi connectivity index (χ3n) is 3.90. The van der Waals surface area contributed by atoms with Crippen LogP contribution in [0.25, 0.3) is 11.3 Å². The van der Waals surface area contributed by atoms with Gasteiger partial charge in [0.1, 0.15) is 17.7 Å². The van der Waals surface area contributed by atoms with Gasteiger partial charge in [-0.05, 0) is 23.8 Å². The van der Waals surface area contributed by atoms with Gasteiger partial charge in [0, 0.05) is 31.3 Å². The molecule has 0 aliphatic heterocycles. The number of hydrogen-bond donors (Lipinski definition) is 1. The van der Waals surface area contributed by atoms with E-state index >= 15 is 0 Å². The van der Waals surface area contributed by atoms with Gasteiger partial charge in [0.15, 0.2) is 0 Å². The largest absolute Gasteiger partial charge is 0.357 e. The van der Waals surface area contributed by atoms with Crippen LogP contribution in [-0.2, 0) is 11.2 Å². The van der Waals surface area contributed by atoms with Crippen molar-refractivity contribution < 1.29 is 13.6 Å². The highest BCUT2D eigenvalue weighted by molar-refractivity contribution is 5.80. The molecule has 6 heteroatoms. The number of nitrogens with zero attached hydrogens (tertiary/aromatic N) is 2. The van der Waals surface area contributed by atoms with Crippen LogP contribution >= 0.6 is 0 Å². The van der Waals surface area contributed by atoms with Gasteiger partial charge in [0.2, 0.25) is 5.91 Å². The molecular formula is C19H17F2N3O. The lowest BCUT2D eigenvalue weighted by atomic mass is 10.1. The Balaban J connectivity index is 1.91. The molecule has 3 aromatic rings. The summed E-state index contributed by atoms with van der Waals surface area (Å²) in [7, 11) is 1.52. The predicted octanol–water partition coefficient (Wildman–Crippen LogP) is 3.36. The number of carbonyl (C=O) groups excluding carboxylic acids is 1. The second-order valence-electron chi connectivity index (χ2n) is 5.66. The summed E-state index contributed by atoms with van der Waals surface area (Å²) in [6.07, 6.45) is 1.82. The molecule has 0 fully saturated rings. The van der Waals surface area contributed by atoms with Crippen LogP contribution in [0, 0.1) is 11.6 Å². The molecule has 0 unspecified atom stereocenters. The first-order valence-electron chi connectivity index (χ1n) is 7.84. The predicted molar refractivity (Wildman–Crippen MR) is 90.8 cm³/mol. The van der Waals surface area contributed by atoms with Gasteiger partial charge in [-0.15, -0.1) is 0 Å². The summed E-state index contributed by atoms with van der Waals surface area (Å²) in [6.45, 7) is 0. The summed E-state index contributed by atoms with van der Waals surface area (Å²) in [6, 6.07) is 13.9. The van der Waals surface area contributed by atoms with E-state index in [4.69, 9.17) is 0 Å². The highest BCUT2D eigenvalue weighted by atomic mass is 19.1. The average molecular weight is 341 g/mol. The maximum Gasteiger partial charge on any atom is 0.244 e. The molecule has 1 heterocycles. The Labute approximate surface area is 144 Å². The van der Waals surface area contributed by atoms with Crippen LogP contribution in [0.1, 0.15) is 11.6 Å². The number of benzene rings is 2. The van der Waals surface area contributed by atoms with Gasteiger partial charge in [-0.2, -0.15) is 5.10 Å². The molecule has 1 aromatic heterocycles. The number of hydrogen-bond acceptors (Lipinski definition) is 2. The zero-order valence-electron chi connectivity index (χ0n) is 13.6. The number of amides is 1. The monoisotopic (exact) mass is 341 g/mol. The van der Waals surface area contributed by atoms with Crippen molar-refractivity contribution in [2.45, 2.75) is 12.5 Å². The molecule has 0 aliphatic carbocycles. The molecule has 0 saturated heterocycles. The molecule has 1 atom stereocenters. The molecule has 128 valence electrons. The minimum atomic E-state index is -0.705. The third-order valence-corrected chi connectivity index (χ3v) is 3.90. The molecule has 0 saturated carbocycles. The number of carbonyl (C=O) groups is 1. The number of nitrogens with one attached hydrogen (secondary N) is 1. The van der Waals surface area contributed by atoms with E-state index in [9.17, 15) is 13.6 Å². The third kappa shape index (κ3) is 3.91. The van der Waals surface area contributed by atoms with Crippen molar-refractivity contribution in [1.29, 1.82) is 0 Å². The summed E-state index contributed by atoms with van der Waals surface area (Å²) in [4.78, 5) is 12.3. The summed E-state index contributed by atoms with van der Waals surface area (Å²) in [5.41, 5.74) is 2.04. The summed E-state index contributed by atoms with van der Waals surface area (Å²) >= 11 is 0. The Morgan fingerprint density at radius 3 is 2.44 bits per heavy atom. The van der Waals surface area contributed by atoms with E-state index in [2.05, 4.69) is 10.4 Å². The highest BCUT2D eigenvalue weighted by Crippen LogP contribution is 2.21. The average Bonchev–Trinajstić information content (AvgIpc) is 3.09. The fourth-order valence-electron chi connectivity index (χ4n) is 2.70. The van der Waals surface area contributed by atoms with Crippen LogP contribution in [0.15, 0.2) is 60.8 Å². The SMILES string of the molecule is CNC(=O)[C@H](Cc1cc(F)cc(F)c1)n1ccc(-c2ccccc2)n1. The van der Waals surface area contributed by atoms with Gasteiger partial charge in [-0.25, -0.2) is 8.78 Å². The summed E-state index contributed by atoms with van der Waals surface area (Å²) in [5, 5.41) is 7.03. The van der Waals surface area contributed by atoms with Crippen molar-refractivity contribution in [1.82, 2.24) is 15.1 Å². The number of aromatic nitrogens is 2. The zero-order chi connectivity index (χ0) is 17.8. The first-order valence-corrected chi connectivity index (χ1v) is 7.84. The van der Waals surface area contributed by atoms with Gasteiger partial charge in [-0.1, -0.05) is 30.3 Å². The molecule has 4 nitrogen and oxygen atoms in total. The summed E-state index contributed by atoms with van der Waals surface area (Å²) < 4.78 is 28.4. The van der Waals surface area contributed by atoms with E-state index in [1.807, 2.05) is 30.3 Å². The Kier molecular flexibility index (Phi) is 4.88. The van der Waals surface area contributed by atoms with E-state index in [-0.39, 0.29) is 12.3 Å². The van der Waals surface area contributed by atoms with Crippen molar-refractivity contribution in [3.8, 4) is 11.3 Å². The van der Waals surface area contributed by atoms with E-state index in [1.54, 1.807) is 12.3 Å². The second-order valence-corrected chi connectivity index (χ2v) is 5.66. The zero-order valence-corrected chi connectivity index (χ0v) is 13.6. The first-order chi connectivity index (χ1) is 12.1. The van der Waals surface area contributed by atoms with E-state index in [0.29, 0.717) is 5.56 Å². The topological polar surface area (TPSA) is 46.9 Å². The van der Waals surface area contributed by atoms with Crippen molar-refractivity contribution >= 4 is 5.91 Å². The maximum absolute atomic E-state index is 13.4. The van der Waals surface area contributed by atoms with Crippen LogP contribution in [0.3, 0.4) is 0 Å². The standard InChI is InChI=1S/C19H17F2N3O/c1-22-19(25)18(11-13-9-15(20)12-16(21)10-13)24-8-7-17(23-24)14-5-3-2-4-6-14/h2-10,12,18H,11H2,1H3,(H,22,25)/t18-/m0/s1. The number of likely N-dealkylation sites (N-methyl/N-ethyl adjacent to an activating group) is 1. The lowest BCUT2D eigenvalue weighted by Crippen LogP contribution is -2.31. The molecule has 0 bridgehead atoms.